The summed E-state index contributed by atoms with van der Waals surface area (Å²) in [6.07, 6.45) is 4.24. The zero-order valence-corrected chi connectivity index (χ0v) is 13.2. The van der Waals surface area contributed by atoms with Crippen LogP contribution in [0.15, 0.2) is 30.3 Å². The van der Waals surface area contributed by atoms with Crippen LogP contribution in [0, 0.1) is 11.6 Å². The Morgan fingerprint density at radius 2 is 1.58 bits per heavy atom. The first-order valence-electron chi connectivity index (χ1n) is 7.99. The Labute approximate surface area is 139 Å². The van der Waals surface area contributed by atoms with E-state index in [1.807, 2.05) is 0 Å². The van der Waals surface area contributed by atoms with Gasteiger partial charge in [-0.05, 0) is 67.1 Å². The largest absolute Gasteiger partial charge is 0.493 e. The number of carbonyl (C=O) groups excluding carboxylic acids is 1. The van der Waals surface area contributed by atoms with Gasteiger partial charge in [0, 0.05) is 0 Å². The van der Waals surface area contributed by atoms with Gasteiger partial charge in [-0.3, -0.25) is 4.79 Å². The monoisotopic (exact) mass is 332 g/mol. The molecule has 3 nitrogen and oxygen atoms in total. The van der Waals surface area contributed by atoms with Crippen molar-refractivity contribution in [3.63, 3.8) is 0 Å². The molecule has 0 saturated heterocycles. The van der Waals surface area contributed by atoms with Crippen molar-refractivity contribution >= 4 is 6.29 Å². The molecule has 2 aliphatic rings. The van der Waals surface area contributed by atoms with Crippen molar-refractivity contribution < 1.29 is 23.0 Å². The van der Waals surface area contributed by atoms with Crippen LogP contribution >= 0.6 is 0 Å². The molecule has 0 amide bonds. The zero-order valence-electron chi connectivity index (χ0n) is 13.2. The van der Waals surface area contributed by atoms with Crippen LogP contribution < -0.4 is 9.47 Å². The van der Waals surface area contributed by atoms with Crippen molar-refractivity contribution in [3.8, 4) is 11.5 Å². The number of aryl methyl sites for hydroxylation is 2. The van der Waals surface area contributed by atoms with Crippen LogP contribution in [0.4, 0.5) is 8.78 Å². The second-order valence-corrected chi connectivity index (χ2v) is 5.76. The molecule has 0 radical (unpaired) electrons. The zero-order chi connectivity index (χ0) is 16.9. The van der Waals surface area contributed by atoms with Gasteiger partial charge < -0.3 is 9.47 Å². The van der Waals surface area contributed by atoms with Crippen molar-refractivity contribution in [2.24, 2.45) is 0 Å². The first-order valence-corrected chi connectivity index (χ1v) is 7.99. The molecule has 0 spiro atoms. The molecule has 0 atom stereocenters. The summed E-state index contributed by atoms with van der Waals surface area (Å²) in [7, 11) is 0. The Bertz CT molecular complexity index is 744. The highest BCUT2D eigenvalue weighted by atomic mass is 19.1. The van der Waals surface area contributed by atoms with Crippen molar-refractivity contribution in [1.82, 2.24) is 0 Å². The van der Waals surface area contributed by atoms with Gasteiger partial charge in [-0.15, -0.1) is 0 Å². The lowest BCUT2D eigenvalue weighted by molar-refractivity contribution is 0.111. The molecular formula is C19H18F2O3. The van der Waals surface area contributed by atoms with E-state index in [0.29, 0.717) is 24.2 Å². The van der Waals surface area contributed by atoms with E-state index in [-0.39, 0.29) is 11.6 Å². The third kappa shape index (κ3) is 3.72. The van der Waals surface area contributed by atoms with Gasteiger partial charge in [0.1, 0.15) is 23.1 Å². The van der Waals surface area contributed by atoms with Crippen molar-refractivity contribution in [2.75, 3.05) is 13.2 Å². The van der Waals surface area contributed by atoms with Gasteiger partial charge in [0.2, 0.25) is 0 Å². The summed E-state index contributed by atoms with van der Waals surface area (Å²) >= 11 is 0. The van der Waals surface area contributed by atoms with Crippen LogP contribution in [-0.2, 0) is 12.8 Å². The Morgan fingerprint density at radius 3 is 2.38 bits per heavy atom. The predicted molar refractivity (Wildman–Crippen MR) is 85.8 cm³/mol. The molecule has 0 bridgehead atoms. The normalized spacial score (nSPS) is 14.9. The van der Waals surface area contributed by atoms with Gasteiger partial charge >= 0.3 is 0 Å². The van der Waals surface area contributed by atoms with E-state index >= 15 is 0 Å². The molecule has 24 heavy (non-hydrogen) atoms. The Balaban J connectivity index is 0.000000143. The molecule has 2 aliphatic heterocycles. The summed E-state index contributed by atoms with van der Waals surface area (Å²) in [6, 6.07) is 7.32. The van der Waals surface area contributed by atoms with E-state index in [4.69, 9.17) is 9.47 Å². The maximum Gasteiger partial charge on any atom is 0.153 e. The highest BCUT2D eigenvalue weighted by Crippen LogP contribution is 2.29. The number of hydrogen-bond acceptors (Lipinski definition) is 3. The smallest absolute Gasteiger partial charge is 0.153 e. The quantitative estimate of drug-likeness (QED) is 0.737. The van der Waals surface area contributed by atoms with Crippen molar-refractivity contribution in [3.05, 3.63) is 58.7 Å². The molecule has 5 heteroatoms. The summed E-state index contributed by atoms with van der Waals surface area (Å²) < 4.78 is 36.2. The number of fused-ring (bicyclic) bond motifs is 2. The molecule has 0 fully saturated rings. The number of halogens is 2. The average molecular weight is 332 g/mol. The summed E-state index contributed by atoms with van der Waals surface area (Å²) in [5.41, 5.74) is 2.11. The second-order valence-electron chi connectivity index (χ2n) is 5.76. The molecule has 2 aromatic rings. The molecule has 2 aromatic carbocycles. The van der Waals surface area contributed by atoms with Crippen LogP contribution in [0.3, 0.4) is 0 Å². The molecule has 4 rings (SSSR count). The standard InChI is InChI=1S/C10H9FO2.C9H9FO/c11-9-4-7-2-1-3-13-10(7)8(5-9)6-12;10-8-3-4-9-7(6-8)2-1-5-11-9/h4-6H,1-3H2;3-4,6H,1-2,5H2. The molecule has 0 N–H and O–H groups in total. The summed E-state index contributed by atoms with van der Waals surface area (Å²) in [4.78, 5) is 10.6. The Hall–Kier alpha value is -2.43. The fourth-order valence-electron chi connectivity index (χ4n) is 2.89. The second kappa shape index (κ2) is 7.43. The molecule has 0 saturated carbocycles. The topological polar surface area (TPSA) is 35.5 Å². The number of aldehydes is 1. The van der Waals surface area contributed by atoms with Crippen molar-refractivity contribution in [1.29, 1.82) is 0 Å². The SMILES string of the molecule is Fc1ccc2c(c1)CCCO2.O=Cc1cc(F)cc2c1OCCC2. The van der Waals surface area contributed by atoms with Crippen LogP contribution in [0.1, 0.15) is 34.3 Å². The fraction of sp³-hybridized carbons (Fsp3) is 0.316. The lowest BCUT2D eigenvalue weighted by Crippen LogP contribution is -2.10. The molecule has 2 heterocycles. The highest BCUT2D eigenvalue weighted by molar-refractivity contribution is 5.80. The van der Waals surface area contributed by atoms with Gasteiger partial charge in [0.25, 0.3) is 0 Å². The van der Waals surface area contributed by atoms with E-state index in [0.717, 1.165) is 49.2 Å². The van der Waals surface area contributed by atoms with E-state index in [1.54, 1.807) is 12.1 Å². The highest BCUT2D eigenvalue weighted by Gasteiger charge is 2.15. The van der Waals surface area contributed by atoms with Crippen molar-refractivity contribution in [2.45, 2.75) is 25.7 Å². The lowest BCUT2D eigenvalue weighted by Gasteiger charge is -2.18. The van der Waals surface area contributed by atoms with Gasteiger partial charge in [-0.25, -0.2) is 8.78 Å². The Kier molecular flexibility index (Phi) is 5.08. The minimum Gasteiger partial charge on any atom is -0.493 e. The van der Waals surface area contributed by atoms with E-state index in [1.165, 1.54) is 18.2 Å². The predicted octanol–water partition coefficient (Wildman–Crippen LogP) is 4.11. The molecule has 0 unspecified atom stereocenters. The third-order valence-corrected chi connectivity index (χ3v) is 3.99. The summed E-state index contributed by atoms with van der Waals surface area (Å²) in [5.74, 6) is 0.862. The number of ether oxygens (including phenoxy) is 2. The molecule has 0 aliphatic carbocycles. The van der Waals surface area contributed by atoms with Gasteiger partial charge in [0.15, 0.2) is 6.29 Å². The minimum atomic E-state index is -0.369. The minimum absolute atomic E-state index is 0.172. The first kappa shape index (κ1) is 16.4. The lowest BCUT2D eigenvalue weighted by atomic mass is 10.0. The van der Waals surface area contributed by atoms with Gasteiger partial charge in [-0.2, -0.15) is 0 Å². The first-order chi connectivity index (χ1) is 11.7. The third-order valence-electron chi connectivity index (χ3n) is 3.99. The van der Waals surface area contributed by atoms with E-state index in [2.05, 4.69) is 0 Å². The van der Waals surface area contributed by atoms with E-state index in [9.17, 15) is 13.6 Å². The van der Waals surface area contributed by atoms with Crippen LogP contribution in [0.5, 0.6) is 11.5 Å². The number of carbonyl (C=O) groups is 1. The number of hydrogen-bond donors (Lipinski definition) is 0. The average Bonchev–Trinajstić information content (AvgIpc) is 2.61. The molecule has 0 aromatic heterocycles. The van der Waals surface area contributed by atoms with Crippen LogP contribution in [-0.4, -0.2) is 19.5 Å². The Morgan fingerprint density at radius 1 is 0.875 bits per heavy atom. The number of rotatable bonds is 1. The van der Waals surface area contributed by atoms with Crippen LogP contribution in [0.25, 0.3) is 0 Å². The van der Waals surface area contributed by atoms with Gasteiger partial charge in [-0.1, -0.05) is 0 Å². The fourth-order valence-corrected chi connectivity index (χ4v) is 2.89. The maximum absolute atomic E-state index is 12.9. The molecule has 126 valence electrons. The van der Waals surface area contributed by atoms with Crippen LogP contribution in [0.2, 0.25) is 0 Å². The van der Waals surface area contributed by atoms with E-state index < -0.39 is 0 Å². The van der Waals surface area contributed by atoms with Gasteiger partial charge in [0.05, 0.1) is 18.8 Å². The number of benzene rings is 2. The molecular weight excluding hydrogens is 314 g/mol. The maximum atomic E-state index is 12.9. The summed E-state index contributed by atoms with van der Waals surface area (Å²) in [6.45, 7) is 1.37. The summed E-state index contributed by atoms with van der Waals surface area (Å²) in [5, 5.41) is 0.